The van der Waals surface area contributed by atoms with Crippen LogP contribution in [0.4, 0.5) is 11.4 Å². The molecule has 0 saturated heterocycles. The lowest BCUT2D eigenvalue weighted by atomic mass is 10.1. The molecule has 0 aromatic heterocycles. The van der Waals surface area contributed by atoms with E-state index >= 15 is 0 Å². The van der Waals surface area contributed by atoms with Crippen molar-refractivity contribution in [3.8, 4) is 0 Å². The van der Waals surface area contributed by atoms with E-state index in [0.717, 1.165) is 30.8 Å². The van der Waals surface area contributed by atoms with Crippen LogP contribution in [0.5, 0.6) is 0 Å². The van der Waals surface area contributed by atoms with Crippen LogP contribution in [0, 0.1) is 0 Å². The Balaban J connectivity index is 1.72. The molecular weight excluding hydrogens is 260 g/mol. The third-order valence-electron chi connectivity index (χ3n) is 4.30. The number of benzene rings is 1. The summed E-state index contributed by atoms with van der Waals surface area (Å²) in [5.41, 5.74) is 8.85. The Bertz CT molecular complexity index is 470. The average molecular weight is 288 g/mol. The summed E-state index contributed by atoms with van der Waals surface area (Å²) < 4.78 is 0. The maximum atomic E-state index is 12.3. The molecule has 1 aliphatic heterocycles. The van der Waals surface area contributed by atoms with E-state index in [2.05, 4.69) is 6.92 Å². The zero-order valence-corrected chi connectivity index (χ0v) is 13.2. The maximum absolute atomic E-state index is 12.3. The molecule has 21 heavy (non-hydrogen) atoms. The van der Waals surface area contributed by atoms with Crippen molar-refractivity contribution in [3.05, 3.63) is 23.8 Å². The van der Waals surface area contributed by atoms with Gasteiger partial charge >= 0.3 is 0 Å². The molecule has 0 aliphatic carbocycles. The number of hydrogen-bond donors (Lipinski definition) is 1. The van der Waals surface area contributed by atoms with E-state index in [1.54, 1.807) is 0 Å². The van der Waals surface area contributed by atoms with E-state index in [4.69, 9.17) is 5.73 Å². The SMILES string of the molecule is CCCCCCCCCC(=O)N1CCc2ccc(N)cc21. The van der Waals surface area contributed by atoms with Crippen LogP contribution in [0.3, 0.4) is 0 Å². The van der Waals surface area contributed by atoms with Crippen molar-refractivity contribution in [3.63, 3.8) is 0 Å². The number of carbonyl (C=O) groups excluding carboxylic acids is 1. The predicted molar refractivity (Wildman–Crippen MR) is 89.5 cm³/mol. The zero-order chi connectivity index (χ0) is 15.1. The minimum atomic E-state index is 0.257. The Kier molecular flexibility index (Phi) is 6.09. The lowest BCUT2D eigenvalue weighted by Crippen LogP contribution is -2.28. The summed E-state index contributed by atoms with van der Waals surface area (Å²) in [7, 11) is 0. The molecule has 0 fully saturated rings. The molecule has 1 aromatic rings. The Morgan fingerprint density at radius 2 is 1.86 bits per heavy atom. The van der Waals surface area contributed by atoms with Crippen molar-refractivity contribution in [2.75, 3.05) is 17.2 Å². The number of nitrogen functional groups attached to an aromatic ring is 1. The highest BCUT2D eigenvalue weighted by atomic mass is 16.2. The van der Waals surface area contributed by atoms with Crippen LogP contribution in [0.25, 0.3) is 0 Å². The molecule has 3 heteroatoms. The Hall–Kier alpha value is -1.51. The Morgan fingerprint density at radius 3 is 2.62 bits per heavy atom. The molecule has 116 valence electrons. The molecule has 1 amide bonds. The second-order valence-corrected chi connectivity index (χ2v) is 6.05. The fourth-order valence-corrected chi connectivity index (χ4v) is 3.02. The summed E-state index contributed by atoms with van der Waals surface area (Å²) >= 11 is 0. The molecule has 1 aromatic carbocycles. The molecule has 0 radical (unpaired) electrons. The molecule has 3 nitrogen and oxygen atoms in total. The van der Waals surface area contributed by atoms with Crippen molar-refractivity contribution < 1.29 is 4.79 Å². The number of amides is 1. The second kappa shape index (κ2) is 8.06. The first kappa shape index (κ1) is 15.9. The predicted octanol–water partition coefficient (Wildman–Crippen LogP) is 4.30. The van der Waals surface area contributed by atoms with E-state index in [1.165, 1.54) is 44.1 Å². The molecule has 0 unspecified atom stereocenters. The lowest BCUT2D eigenvalue weighted by Gasteiger charge is -2.17. The monoisotopic (exact) mass is 288 g/mol. The van der Waals surface area contributed by atoms with Gasteiger partial charge < -0.3 is 10.6 Å². The highest BCUT2D eigenvalue weighted by molar-refractivity contribution is 5.95. The van der Waals surface area contributed by atoms with Gasteiger partial charge in [0.05, 0.1) is 0 Å². The largest absolute Gasteiger partial charge is 0.399 e. The van der Waals surface area contributed by atoms with Crippen molar-refractivity contribution in [1.29, 1.82) is 0 Å². The first-order valence-corrected chi connectivity index (χ1v) is 8.41. The minimum Gasteiger partial charge on any atom is -0.399 e. The number of nitrogens with two attached hydrogens (primary N) is 1. The summed E-state index contributed by atoms with van der Waals surface area (Å²) in [5.74, 6) is 0.257. The van der Waals surface area contributed by atoms with Gasteiger partial charge in [-0.3, -0.25) is 4.79 Å². The van der Waals surface area contributed by atoms with Crippen LogP contribution in [0.2, 0.25) is 0 Å². The molecule has 0 spiro atoms. The van der Waals surface area contributed by atoms with Crippen LogP contribution in [0.15, 0.2) is 18.2 Å². The van der Waals surface area contributed by atoms with E-state index in [-0.39, 0.29) is 5.91 Å². The van der Waals surface area contributed by atoms with Crippen molar-refractivity contribution in [1.82, 2.24) is 0 Å². The van der Waals surface area contributed by atoms with Crippen molar-refractivity contribution in [2.45, 2.75) is 64.7 Å². The number of carbonyl (C=O) groups is 1. The molecule has 2 rings (SSSR count). The van der Waals surface area contributed by atoms with Crippen molar-refractivity contribution in [2.24, 2.45) is 0 Å². The minimum absolute atomic E-state index is 0.257. The number of nitrogens with zero attached hydrogens (tertiary/aromatic N) is 1. The first-order valence-electron chi connectivity index (χ1n) is 8.41. The van der Waals surface area contributed by atoms with E-state index in [9.17, 15) is 4.79 Å². The topological polar surface area (TPSA) is 46.3 Å². The summed E-state index contributed by atoms with van der Waals surface area (Å²) in [6.07, 6.45) is 10.3. The van der Waals surface area contributed by atoms with Gasteiger partial charge in [0.1, 0.15) is 0 Å². The standard InChI is InChI=1S/C18H28N2O/c1-2-3-4-5-6-7-8-9-18(21)20-13-12-15-10-11-16(19)14-17(15)20/h10-11,14H,2-9,12-13,19H2,1H3. The molecule has 0 atom stereocenters. The van der Waals surface area contributed by atoms with Crippen LogP contribution in [-0.2, 0) is 11.2 Å². The van der Waals surface area contributed by atoms with E-state index in [0.29, 0.717) is 6.42 Å². The molecule has 0 saturated carbocycles. The highest BCUT2D eigenvalue weighted by Crippen LogP contribution is 2.30. The van der Waals surface area contributed by atoms with Gasteiger partial charge in [0, 0.05) is 24.3 Å². The van der Waals surface area contributed by atoms with Gasteiger partial charge in [-0.2, -0.15) is 0 Å². The molecule has 0 bridgehead atoms. The Morgan fingerprint density at radius 1 is 1.14 bits per heavy atom. The van der Waals surface area contributed by atoms with Gasteiger partial charge in [0.2, 0.25) is 5.91 Å². The quantitative estimate of drug-likeness (QED) is 0.572. The van der Waals surface area contributed by atoms with Gasteiger partial charge in [-0.05, 0) is 30.5 Å². The van der Waals surface area contributed by atoms with Crippen LogP contribution < -0.4 is 10.6 Å². The lowest BCUT2D eigenvalue weighted by molar-refractivity contribution is -0.118. The van der Waals surface area contributed by atoms with Gasteiger partial charge in [-0.15, -0.1) is 0 Å². The number of anilines is 2. The highest BCUT2D eigenvalue weighted by Gasteiger charge is 2.23. The summed E-state index contributed by atoms with van der Waals surface area (Å²) in [5, 5.41) is 0. The van der Waals surface area contributed by atoms with Gasteiger partial charge in [-0.1, -0.05) is 51.5 Å². The zero-order valence-electron chi connectivity index (χ0n) is 13.2. The molecule has 1 aliphatic rings. The number of fused-ring (bicyclic) bond motifs is 1. The fraction of sp³-hybridized carbons (Fsp3) is 0.611. The summed E-state index contributed by atoms with van der Waals surface area (Å²) in [6.45, 7) is 3.05. The first-order chi connectivity index (χ1) is 10.2. The smallest absolute Gasteiger partial charge is 0.226 e. The van der Waals surface area contributed by atoms with Gasteiger partial charge in [0.25, 0.3) is 0 Å². The van der Waals surface area contributed by atoms with Crippen molar-refractivity contribution >= 4 is 17.3 Å². The third kappa shape index (κ3) is 4.48. The van der Waals surface area contributed by atoms with E-state index < -0.39 is 0 Å². The maximum Gasteiger partial charge on any atom is 0.226 e. The summed E-state index contributed by atoms with van der Waals surface area (Å²) in [6, 6.07) is 5.90. The molecule has 2 N–H and O–H groups in total. The third-order valence-corrected chi connectivity index (χ3v) is 4.30. The van der Waals surface area contributed by atoms with Gasteiger partial charge in [-0.25, -0.2) is 0 Å². The number of hydrogen-bond acceptors (Lipinski definition) is 2. The molecule has 1 heterocycles. The van der Waals surface area contributed by atoms with Crippen LogP contribution in [0.1, 0.15) is 63.9 Å². The average Bonchev–Trinajstić information content (AvgIpc) is 2.89. The van der Waals surface area contributed by atoms with Crippen LogP contribution in [-0.4, -0.2) is 12.5 Å². The number of rotatable bonds is 8. The fourth-order valence-electron chi connectivity index (χ4n) is 3.02. The normalized spacial score (nSPS) is 13.5. The van der Waals surface area contributed by atoms with Crippen LogP contribution >= 0.6 is 0 Å². The van der Waals surface area contributed by atoms with E-state index in [1.807, 2.05) is 23.1 Å². The Labute approximate surface area is 128 Å². The van der Waals surface area contributed by atoms with Gasteiger partial charge in [0.15, 0.2) is 0 Å². The summed E-state index contributed by atoms with van der Waals surface area (Å²) in [4.78, 5) is 14.3. The number of unbranched alkanes of at least 4 members (excludes halogenated alkanes) is 6. The molecular formula is C18H28N2O. The second-order valence-electron chi connectivity index (χ2n) is 6.05.